The van der Waals surface area contributed by atoms with Gasteiger partial charge in [0.2, 0.25) is 5.91 Å². The number of carbonyl (C=O) groups excluding carboxylic acids is 1. The standard InChI is InChI=1S/C16H20FNOS/c17-14-9-5-4-8-13(14)16-18(10-11-20-16)15(19)12-6-2-1-3-7-12/h4-5,8-9,12,16H,1-3,6-7,10-11H2. The van der Waals surface area contributed by atoms with E-state index in [0.29, 0.717) is 5.56 Å². The molecule has 2 nitrogen and oxygen atoms in total. The lowest BCUT2D eigenvalue weighted by molar-refractivity contribution is -0.136. The first-order chi connectivity index (χ1) is 9.77. The van der Waals surface area contributed by atoms with E-state index in [1.807, 2.05) is 11.0 Å². The maximum Gasteiger partial charge on any atom is 0.226 e. The normalized spacial score (nSPS) is 24.1. The minimum absolute atomic E-state index is 0.134. The van der Waals surface area contributed by atoms with Crippen molar-refractivity contribution in [3.05, 3.63) is 35.6 Å². The fourth-order valence-corrected chi connectivity index (χ4v) is 4.50. The van der Waals surface area contributed by atoms with Crippen LogP contribution in [0.5, 0.6) is 0 Å². The van der Waals surface area contributed by atoms with Gasteiger partial charge in [-0.25, -0.2) is 4.39 Å². The molecule has 20 heavy (non-hydrogen) atoms. The quantitative estimate of drug-likeness (QED) is 0.822. The first kappa shape index (κ1) is 13.9. The molecule has 1 unspecified atom stereocenters. The maximum atomic E-state index is 14.0. The molecule has 2 aliphatic rings. The Bertz CT molecular complexity index is 487. The molecule has 1 aliphatic heterocycles. The van der Waals surface area contributed by atoms with Crippen LogP contribution in [0.3, 0.4) is 0 Å². The van der Waals surface area contributed by atoms with Crippen LogP contribution < -0.4 is 0 Å². The summed E-state index contributed by atoms with van der Waals surface area (Å²) in [4.78, 5) is 14.6. The van der Waals surface area contributed by atoms with Gasteiger partial charge in [-0.15, -0.1) is 11.8 Å². The van der Waals surface area contributed by atoms with Crippen molar-refractivity contribution in [1.82, 2.24) is 4.90 Å². The summed E-state index contributed by atoms with van der Waals surface area (Å²) in [5.74, 6) is 1.10. The zero-order valence-electron chi connectivity index (χ0n) is 11.6. The lowest BCUT2D eigenvalue weighted by Gasteiger charge is -2.30. The molecule has 1 saturated carbocycles. The first-order valence-corrected chi connectivity index (χ1v) is 8.49. The summed E-state index contributed by atoms with van der Waals surface area (Å²) in [7, 11) is 0. The van der Waals surface area contributed by atoms with Crippen LogP contribution in [0.15, 0.2) is 24.3 Å². The fourth-order valence-electron chi connectivity index (χ4n) is 3.21. The van der Waals surface area contributed by atoms with Gasteiger partial charge >= 0.3 is 0 Å². The van der Waals surface area contributed by atoms with E-state index in [1.165, 1.54) is 12.5 Å². The zero-order valence-corrected chi connectivity index (χ0v) is 12.4. The molecular formula is C16H20FNOS. The topological polar surface area (TPSA) is 20.3 Å². The molecular weight excluding hydrogens is 273 g/mol. The van der Waals surface area contributed by atoms with E-state index in [9.17, 15) is 9.18 Å². The Kier molecular flexibility index (Phi) is 4.29. The number of benzene rings is 1. The van der Waals surface area contributed by atoms with Crippen molar-refractivity contribution < 1.29 is 9.18 Å². The Morgan fingerprint density at radius 2 is 1.95 bits per heavy atom. The third-order valence-corrected chi connectivity index (χ3v) is 5.54. The predicted octanol–water partition coefficient (Wildman–Crippen LogP) is 3.98. The van der Waals surface area contributed by atoms with E-state index < -0.39 is 0 Å². The van der Waals surface area contributed by atoms with Crippen LogP contribution in [0.25, 0.3) is 0 Å². The second-order valence-electron chi connectivity index (χ2n) is 5.61. The van der Waals surface area contributed by atoms with Crippen LogP contribution >= 0.6 is 11.8 Å². The van der Waals surface area contributed by atoms with Crippen molar-refractivity contribution >= 4 is 17.7 Å². The van der Waals surface area contributed by atoms with Gasteiger partial charge in [0.05, 0.1) is 0 Å². The number of halogens is 1. The maximum absolute atomic E-state index is 14.0. The molecule has 1 aliphatic carbocycles. The van der Waals surface area contributed by atoms with E-state index in [0.717, 1.165) is 38.0 Å². The van der Waals surface area contributed by atoms with Crippen LogP contribution in [0.4, 0.5) is 4.39 Å². The lowest BCUT2D eigenvalue weighted by Crippen LogP contribution is -2.36. The van der Waals surface area contributed by atoms with Gasteiger partial charge < -0.3 is 4.90 Å². The highest BCUT2D eigenvalue weighted by Gasteiger charge is 2.35. The van der Waals surface area contributed by atoms with Crippen molar-refractivity contribution in [3.8, 4) is 0 Å². The van der Waals surface area contributed by atoms with Gasteiger partial charge in [0.25, 0.3) is 0 Å². The van der Waals surface area contributed by atoms with E-state index in [-0.39, 0.29) is 23.0 Å². The highest BCUT2D eigenvalue weighted by Crippen LogP contribution is 2.41. The molecule has 0 aromatic heterocycles. The molecule has 1 aromatic rings. The molecule has 1 heterocycles. The second-order valence-corrected chi connectivity index (χ2v) is 6.80. The molecule has 1 aromatic carbocycles. The van der Waals surface area contributed by atoms with Crippen LogP contribution in [0.2, 0.25) is 0 Å². The van der Waals surface area contributed by atoms with Crippen LogP contribution in [-0.4, -0.2) is 23.1 Å². The SMILES string of the molecule is O=C(C1CCCCC1)N1CCSC1c1ccccc1F. The van der Waals surface area contributed by atoms with Crippen LogP contribution in [0, 0.1) is 11.7 Å². The number of rotatable bonds is 2. The van der Waals surface area contributed by atoms with Gasteiger partial charge in [0.15, 0.2) is 0 Å². The minimum Gasteiger partial charge on any atom is -0.325 e. The van der Waals surface area contributed by atoms with Crippen molar-refractivity contribution in [3.63, 3.8) is 0 Å². The summed E-state index contributed by atoms with van der Waals surface area (Å²) in [6, 6.07) is 6.84. The largest absolute Gasteiger partial charge is 0.325 e. The third kappa shape index (κ3) is 2.71. The minimum atomic E-state index is -0.201. The molecule has 2 fully saturated rings. The zero-order chi connectivity index (χ0) is 13.9. The summed E-state index contributed by atoms with van der Waals surface area (Å²) in [6.07, 6.45) is 5.56. The van der Waals surface area contributed by atoms with Gasteiger partial charge in [0.1, 0.15) is 11.2 Å². The number of hydrogen-bond acceptors (Lipinski definition) is 2. The summed E-state index contributed by atoms with van der Waals surface area (Å²) >= 11 is 1.68. The number of hydrogen-bond donors (Lipinski definition) is 0. The molecule has 3 rings (SSSR count). The summed E-state index contributed by atoms with van der Waals surface area (Å²) in [6.45, 7) is 0.749. The van der Waals surface area contributed by atoms with Gasteiger partial charge in [-0.3, -0.25) is 4.79 Å². The fraction of sp³-hybridized carbons (Fsp3) is 0.562. The van der Waals surface area contributed by atoms with Crippen molar-refractivity contribution in [2.45, 2.75) is 37.5 Å². The van der Waals surface area contributed by atoms with E-state index in [2.05, 4.69) is 0 Å². The Balaban J connectivity index is 1.78. The Hall–Kier alpha value is -1.03. The molecule has 0 spiro atoms. The molecule has 0 N–H and O–H groups in total. The highest BCUT2D eigenvalue weighted by molar-refractivity contribution is 7.99. The molecule has 108 valence electrons. The average Bonchev–Trinajstić information content (AvgIpc) is 2.97. The third-order valence-electron chi connectivity index (χ3n) is 4.30. The number of nitrogens with zero attached hydrogens (tertiary/aromatic N) is 1. The molecule has 1 saturated heterocycles. The van der Waals surface area contributed by atoms with Gasteiger partial charge in [0, 0.05) is 23.8 Å². The van der Waals surface area contributed by atoms with E-state index in [1.54, 1.807) is 23.9 Å². The average molecular weight is 293 g/mol. The van der Waals surface area contributed by atoms with Gasteiger partial charge in [-0.2, -0.15) is 0 Å². The Morgan fingerprint density at radius 1 is 1.20 bits per heavy atom. The number of carbonyl (C=O) groups is 1. The predicted molar refractivity (Wildman–Crippen MR) is 79.9 cm³/mol. The smallest absolute Gasteiger partial charge is 0.226 e. The summed E-state index contributed by atoms with van der Waals surface area (Å²) in [5, 5.41) is -0.134. The molecule has 1 amide bonds. The van der Waals surface area contributed by atoms with Gasteiger partial charge in [-0.05, 0) is 18.9 Å². The Labute approximate surface area is 123 Å². The van der Waals surface area contributed by atoms with Gasteiger partial charge in [-0.1, -0.05) is 37.5 Å². The molecule has 0 bridgehead atoms. The van der Waals surface area contributed by atoms with E-state index >= 15 is 0 Å². The molecule has 1 atom stereocenters. The first-order valence-electron chi connectivity index (χ1n) is 7.44. The molecule has 4 heteroatoms. The van der Waals surface area contributed by atoms with Crippen LogP contribution in [0.1, 0.15) is 43.0 Å². The van der Waals surface area contributed by atoms with Crippen molar-refractivity contribution in [1.29, 1.82) is 0 Å². The summed E-state index contributed by atoms with van der Waals surface area (Å²) < 4.78 is 14.0. The monoisotopic (exact) mass is 293 g/mol. The second kappa shape index (κ2) is 6.17. The highest BCUT2D eigenvalue weighted by atomic mass is 32.2. The van der Waals surface area contributed by atoms with Crippen LogP contribution in [-0.2, 0) is 4.79 Å². The van der Waals surface area contributed by atoms with E-state index in [4.69, 9.17) is 0 Å². The van der Waals surface area contributed by atoms with Crippen molar-refractivity contribution in [2.75, 3.05) is 12.3 Å². The summed E-state index contributed by atoms with van der Waals surface area (Å²) in [5.41, 5.74) is 0.652. The lowest BCUT2D eigenvalue weighted by atomic mass is 9.88. The number of thioether (sulfide) groups is 1. The van der Waals surface area contributed by atoms with Crippen molar-refractivity contribution in [2.24, 2.45) is 5.92 Å². The number of amides is 1. The Morgan fingerprint density at radius 3 is 2.70 bits per heavy atom. The molecule has 0 radical (unpaired) electrons.